The maximum Gasteiger partial charge on any atom is 0.313 e. The van der Waals surface area contributed by atoms with Gasteiger partial charge in [-0.25, -0.2) is 0 Å². The molecule has 1 rings (SSSR count). The van der Waals surface area contributed by atoms with E-state index in [0.717, 1.165) is 10.0 Å². The number of carbonyl (C=O) groups is 1. The molecule has 0 fully saturated rings. The highest BCUT2D eigenvalue weighted by molar-refractivity contribution is 9.10. The van der Waals surface area contributed by atoms with Gasteiger partial charge in [-0.05, 0) is 31.5 Å². The lowest BCUT2D eigenvalue weighted by Gasteiger charge is -2.10. The van der Waals surface area contributed by atoms with Crippen molar-refractivity contribution in [3.63, 3.8) is 0 Å². The van der Waals surface area contributed by atoms with Crippen LogP contribution in [0.3, 0.4) is 0 Å². The third kappa shape index (κ3) is 2.84. The highest BCUT2D eigenvalue weighted by Crippen LogP contribution is 2.20. The average Bonchev–Trinajstić information content (AvgIpc) is 2.17. The molecule has 0 amide bonds. The van der Waals surface area contributed by atoms with Crippen molar-refractivity contribution in [1.82, 2.24) is 0 Å². The topological polar surface area (TPSA) is 26.3 Å². The van der Waals surface area contributed by atoms with E-state index in [4.69, 9.17) is 4.74 Å². The van der Waals surface area contributed by atoms with Crippen molar-refractivity contribution < 1.29 is 9.53 Å². The summed E-state index contributed by atoms with van der Waals surface area (Å²) in [6, 6.07) is 7.70. The smallest absolute Gasteiger partial charge is 0.313 e. The predicted molar refractivity (Wildman–Crippen MR) is 59.2 cm³/mol. The Balaban J connectivity index is 2.78. The van der Waals surface area contributed by atoms with E-state index in [1.807, 2.05) is 38.1 Å². The number of hydrogen-bond donors (Lipinski definition) is 0. The second-order valence-corrected chi connectivity index (χ2v) is 3.94. The van der Waals surface area contributed by atoms with Crippen molar-refractivity contribution in [2.24, 2.45) is 0 Å². The summed E-state index contributed by atoms with van der Waals surface area (Å²) >= 11 is 3.37. The van der Waals surface area contributed by atoms with Gasteiger partial charge in [-0.15, -0.1) is 0 Å². The quantitative estimate of drug-likeness (QED) is 0.777. The zero-order valence-electron chi connectivity index (χ0n) is 8.29. The normalized spacial score (nSPS) is 12.2. The number of ether oxygens (including phenoxy) is 1. The molecular formula is C11H13BrO2. The molecule has 0 saturated heterocycles. The zero-order valence-corrected chi connectivity index (χ0v) is 9.87. The Morgan fingerprint density at radius 2 is 2.29 bits per heavy atom. The molecule has 2 nitrogen and oxygen atoms in total. The fraction of sp³-hybridized carbons (Fsp3) is 0.364. The van der Waals surface area contributed by atoms with Crippen LogP contribution in [0.2, 0.25) is 0 Å². The molecule has 0 heterocycles. The van der Waals surface area contributed by atoms with Crippen molar-refractivity contribution in [3.8, 4) is 0 Å². The van der Waals surface area contributed by atoms with Crippen LogP contribution in [0.15, 0.2) is 28.7 Å². The van der Waals surface area contributed by atoms with Gasteiger partial charge in [0.1, 0.15) is 0 Å². The minimum absolute atomic E-state index is 0.175. The summed E-state index contributed by atoms with van der Waals surface area (Å²) in [5, 5.41) is 0. The van der Waals surface area contributed by atoms with Gasteiger partial charge in [-0.2, -0.15) is 0 Å². The number of carbonyl (C=O) groups excluding carboxylic acids is 1. The van der Waals surface area contributed by atoms with Crippen LogP contribution < -0.4 is 0 Å². The molecule has 1 aromatic rings. The fourth-order valence-corrected chi connectivity index (χ4v) is 1.60. The number of hydrogen-bond acceptors (Lipinski definition) is 2. The Morgan fingerprint density at radius 3 is 2.86 bits per heavy atom. The van der Waals surface area contributed by atoms with Gasteiger partial charge in [-0.3, -0.25) is 4.79 Å². The predicted octanol–water partition coefficient (Wildman–Crippen LogP) is 3.12. The Kier molecular flexibility index (Phi) is 4.14. The third-order valence-electron chi connectivity index (χ3n) is 1.99. The van der Waals surface area contributed by atoms with Crippen LogP contribution in [0.4, 0.5) is 0 Å². The van der Waals surface area contributed by atoms with E-state index in [1.165, 1.54) is 0 Å². The van der Waals surface area contributed by atoms with E-state index >= 15 is 0 Å². The maximum atomic E-state index is 11.4. The molecular weight excluding hydrogens is 244 g/mol. The number of benzene rings is 1. The number of halogens is 1. The molecule has 0 saturated carbocycles. The molecule has 1 atom stereocenters. The van der Waals surface area contributed by atoms with Crippen LogP contribution in [0.25, 0.3) is 0 Å². The minimum Gasteiger partial charge on any atom is -0.466 e. The lowest BCUT2D eigenvalue weighted by molar-refractivity contribution is -0.144. The van der Waals surface area contributed by atoms with E-state index < -0.39 is 0 Å². The highest BCUT2D eigenvalue weighted by Gasteiger charge is 2.15. The summed E-state index contributed by atoms with van der Waals surface area (Å²) in [5.41, 5.74) is 0.970. The second-order valence-electron chi connectivity index (χ2n) is 3.03. The van der Waals surface area contributed by atoms with Gasteiger partial charge < -0.3 is 4.74 Å². The first-order valence-corrected chi connectivity index (χ1v) is 5.36. The summed E-state index contributed by atoms with van der Waals surface area (Å²) in [6.07, 6.45) is 0. The van der Waals surface area contributed by atoms with Crippen molar-refractivity contribution in [2.75, 3.05) is 6.61 Å². The molecule has 14 heavy (non-hydrogen) atoms. The van der Waals surface area contributed by atoms with Gasteiger partial charge in [-0.1, -0.05) is 28.1 Å². The van der Waals surface area contributed by atoms with Crippen molar-refractivity contribution in [3.05, 3.63) is 34.3 Å². The largest absolute Gasteiger partial charge is 0.466 e. The summed E-state index contributed by atoms with van der Waals surface area (Å²) < 4.78 is 5.92. The highest BCUT2D eigenvalue weighted by atomic mass is 79.9. The lowest BCUT2D eigenvalue weighted by Crippen LogP contribution is -2.12. The molecule has 0 aliphatic heterocycles. The molecule has 0 N–H and O–H groups in total. The monoisotopic (exact) mass is 256 g/mol. The molecule has 0 unspecified atom stereocenters. The summed E-state index contributed by atoms with van der Waals surface area (Å²) in [7, 11) is 0. The molecule has 0 aliphatic carbocycles. The number of esters is 1. The first kappa shape index (κ1) is 11.2. The summed E-state index contributed by atoms with van der Waals surface area (Å²) in [5.74, 6) is -0.377. The van der Waals surface area contributed by atoms with Crippen LogP contribution >= 0.6 is 15.9 Å². The van der Waals surface area contributed by atoms with E-state index in [2.05, 4.69) is 15.9 Å². The van der Waals surface area contributed by atoms with Gasteiger partial charge in [0.15, 0.2) is 0 Å². The van der Waals surface area contributed by atoms with Gasteiger partial charge in [0.05, 0.1) is 12.5 Å². The number of rotatable bonds is 3. The Morgan fingerprint density at radius 1 is 1.57 bits per heavy atom. The van der Waals surface area contributed by atoms with Crippen LogP contribution in [-0.2, 0) is 9.53 Å². The Bertz CT molecular complexity index is 323. The van der Waals surface area contributed by atoms with Gasteiger partial charge in [0, 0.05) is 4.47 Å². The summed E-state index contributed by atoms with van der Waals surface area (Å²) in [6.45, 7) is 4.09. The van der Waals surface area contributed by atoms with E-state index in [9.17, 15) is 4.79 Å². The first-order chi connectivity index (χ1) is 6.65. The summed E-state index contributed by atoms with van der Waals surface area (Å²) in [4.78, 5) is 11.4. The average molecular weight is 257 g/mol. The molecule has 0 aliphatic rings. The molecule has 0 spiro atoms. The standard InChI is InChI=1S/C11H13BrO2/c1-3-14-11(13)8(2)9-5-4-6-10(12)7-9/h4-8H,3H2,1-2H3/t8-/m1/s1. The molecule has 76 valence electrons. The van der Waals surface area contributed by atoms with Crippen LogP contribution in [0.1, 0.15) is 25.3 Å². The maximum absolute atomic E-state index is 11.4. The third-order valence-corrected chi connectivity index (χ3v) is 2.48. The van der Waals surface area contributed by atoms with Crippen molar-refractivity contribution in [2.45, 2.75) is 19.8 Å². The molecule has 1 aromatic carbocycles. The minimum atomic E-state index is -0.201. The fourth-order valence-electron chi connectivity index (χ4n) is 1.18. The first-order valence-electron chi connectivity index (χ1n) is 4.57. The van der Waals surface area contributed by atoms with E-state index in [-0.39, 0.29) is 11.9 Å². The lowest BCUT2D eigenvalue weighted by atomic mass is 10.0. The van der Waals surface area contributed by atoms with Gasteiger partial charge in [0.2, 0.25) is 0 Å². The Hall–Kier alpha value is -0.830. The van der Waals surface area contributed by atoms with Crippen molar-refractivity contribution in [1.29, 1.82) is 0 Å². The molecule has 3 heteroatoms. The van der Waals surface area contributed by atoms with E-state index in [1.54, 1.807) is 0 Å². The molecule has 0 bridgehead atoms. The van der Waals surface area contributed by atoms with Crippen molar-refractivity contribution >= 4 is 21.9 Å². The van der Waals surface area contributed by atoms with Gasteiger partial charge in [0.25, 0.3) is 0 Å². The van der Waals surface area contributed by atoms with Crippen LogP contribution in [0, 0.1) is 0 Å². The Labute approximate surface area is 92.4 Å². The zero-order chi connectivity index (χ0) is 10.6. The molecule has 0 radical (unpaired) electrons. The van der Waals surface area contributed by atoms with Crippen LogP contribution in [-0.4, -0.2) is 12.6 Å². The van der Waals surface area contributed by atoms with Gasteiger partial charge >= 0.3 is 5.97 Å². The SMILES string of the molecule is CCOC(=O)[C@H](C)c1cccc(Br)c1. The van der Waals surface area contributed by atoms with Crippen LogP contribution in [0.5, 0.6) is 0 Å². The molecule has 0 aromatic heterocycles. The van der Waals surface area contributed by atoms with E-state index in [0.29, 0.717) is 6.61 Å². The second kappa shape index (κ2) is 5.15.